The van der Waals surface area contributed by atoms with Gasteiger partial charge in [0.2, 0.25) is 17.6 Å². The van der Waals surface area contributed by atoms with E-state index in [2.05, 4.69) is 0 Å². The summed E-state index contributed by atoms with van der Waals surface area (Å²) in [4.78, 5) is 35.1. The van der Waals surface area contributed by atoms with E-state index < -0.39 is 5.97 Å². The van der Waals surface area contributed by atoms with Crippen LogP contribution in [0.25, 0.3) is 0 Å². The summed E-state index contributed by atoms with van der Waals surface area (Å²) in [7, 11) is 0. The summed E-state index contributed by atoms with van der Waals surface area (Å²) in [5.74, 6) is -1.47. The lowest BCUT2D eigenvalue weighted by atomic mass is 10.1. The SMILES string of the molecule is Cc1cc(CN2C(=O)CCCC2=O)oc1C(=O)O. The molecule has 0 saturated carbocycles. The summed E-state index contributed by atoms with van der Waals surface area (Å²) in [5, 5.41) is 8.85. The fourth-order valence-electron chi connectivity index (χ4n) is 1.97. The molecule has 1 aliphatic heterocycles. The first-order chi connectivity index (χ1) is 8.49. The number of amides is 2. The van der Waals surface area contributed by atoms with E-state index in [1.807, 2.05) is 0 Å². The number of piperidine rings is 1. The minimum Gasteiger partial charge on any atom is -0.475 e. The molecule has 0 aliphatic carbocycles. The number of likely N-dealkylation sites (tertiary alicyclic amines) is 1. The topological polar surface area (TPSA) is 87.8 Å². The smallest absolute Gasteiger partial charge is 0.372 e. The second-order valence-electron chi connectivity index (χ2n) is 4.26. The average Bonchev–Trinajstić information content (AvgIpc) is 2.65. The van der Waals surface area contributed by atoms with Crippen LogP contribution in [0, 0.1) is 6.92 Å². The third-order valence-corrected chi connectivity index (χ3v) is 2.86. The van der Waals surface area contributed by atoms with Gasteiger partial charge < -0.3 is 9.52 Å². The summed E-state index contributed by atoms with van der Waals surface area (Å²) in [6.45, 7) is 1.61. The number of carboxylic acids is 1. The maximum absolute atomic E-state index is 11.6. The maximum Gasteiger partial charge on any atom is 0.372 e. The van der Waals surface area contributed by atoms with Crippen LogP contribution in [0.5, 0.6) is 0 Å². The molecule has 6 nitrogen and oxygen atoms in total. The monoisotopic (exact) mass is 251 g/mol. The highest BCUT2D eigenvalue weighted by molar-refractivity contribution is 5.97. The van der Waals surface area contributed by atoms with Crippen LogP contribution in [0.3, 0.4) is 0 Å². The minimum atomic E-state index is -1.16. The highest BCUT2D eigenvalue weighted by atomic mass is 16.4. The summed E-state index contributed by atoms with van der Waals surface area (Å²) in [6, 6.07) is 1.54. The number of aryl methyl sites for hydroxylation is 1. The third-order valence-electron chi connectivity index (χ3n) is 2.86. The van der Waals surface area contributed by atoms with Crippen molar-refractivity contribution >= 4 is 17.8 Å². The van der Waals surface area contributed by atoms with Crippen molar-refractivity contribution in [1.29, 1.82) is 0 Å². The van der Waals surface area contributed by atoms with E-state index in [0.717, 1.165) is 4.90 Å². The van der Waals surface area contributed by atoms with Gasteiger partial charge in [0.05, 0.1) is 6.54 Å². The van der Waals surface area contributed by atoms with Crippen LogP contribution in [-0.2, 0) is 16.1 Å². The number of carbonyl (C=O) groups excluding carboxylic acids is 2. The van der Waals surface area contributed by atoms with Crippen LogP contribution >= 0.6 is 0 Å². The fraction of sp³-hybridized carbons (Fsp3) is 0.417. The molecule has 96 valence electrons. The number of rotatable bonds is 3. The number of furan rings is 1. The molecule has 1 aromatic heterocycles. The number of aromatic carboxylic acids is 1. The molecule has 1 aliphatic rings. The Kier molecular flexibility index (Phi) is 3.18. The zero-order valence-electron chi connectivity index (χ0n) is 9.93. The van der Waals surface area contributed by atoms with Gasteiger partial charge in [-0.1, -0.05) is 0 Å². The largest absolute Gasteiger partial charge is 0.475 e. The van der Waals surface area contributed by atoms with Crippen LogP contribution in [0.4, 0.5) is 0 Å². The Bertz CT molecular complexity index is 501. The third kappa shape index (κ3) is 2.27. The predicted molar refractivity (Wildman–Crippen MR) is 59.8 cm³/mol. The molecular formula is C12H13NO5. The van der Waals surface area contributed by atoms with Crippen molar-refractivity contribution in [3.8, 4) is 0 Å². The van der Waals surface area contributed by atoms with E-state index in [-0.39, 0.29) is 24.1 Å². The van der Waals surface area contributed by atoms with E-state index in [1.54, 1.807) is 13.0 Å². The van der Waals surface area contributed by atoms with E-state index in [9.17, 15) is 14.4 Å². The van der Waals surface area contributed by atoms with E-state index in [0.29, 0.717) is 30.6 Å². The quantitative estimate of drug-likeness (QED) is 0.818. The predicted octanol–water partition coefficient (Wildman–Crippen LogP) is 1.33. The van der Waals surface area contributed by atoms with Crippen LogP contribution < -0.4 is 0 Å². The molecule has 0 unspecified atom stereocenters. The van der Waals surface area contributed by atoms with Crippen LogP contribution in [0.1, 0.15) is 41.1 Å². The number of nitrogens with zero attached hydrogens (tertiary/aromatic N) is 1. The van der Waals surface area contributed by atoms with Crippen molar-refractivity contribution in [3.63, 3.8) is 0 Å². The van der Waals surface area contributed by atoms with Crippen molar-refractivity contribution in [2.75, 3.05) is 0 Å². The molecule has 0 radical (unpaired) electrons. The van der Waals surface area contributed by atoms with Gasteiger partial charge in [-0.15, -0.1) is 0 Å². The molecular weight excluding hydrogens is 238 g/mol. The second kappa shape index (κ2) is 4.64. The molecule has 0 bridgehead atoms. The van der Waals surface area contributed by atoms with Gasteiger partial charge in [0.1, 0.15) is 5.76 Å². The lowest BCUT2D eigenvalue weighted by Gasteiger charge is -2.23. The Morgan fingerprint density at radius 3 is 2.50 bits per heavy atom. The highest BCUT2D eigenvalue weighted by Gasteiger charge is 2.27. The Balaban J connectivity index is 2.18. The molecule has 0 spiro atoms. The number of imide groups is 1. The lowest BCUT2D eigenvalue weighted by molar-refractivity contribution is -0.149. The molecule has 6 heteroatoms. The van der Waals surface area contributed by atoms with Crippen LogP contribution in [0.15, 0.2) is 10.5 Å². The summed E-state index contributed by atoms with van der Waals surface area (Å²) in [5.41, 5.74) is 0.481. The molecule has 18 heavy (non-hydrogen) atoms. The number of carboxylic acid groups (broad SMARTS) is 1. The van der Waals surface area contributed by atoms with Crippen LogP contribution in [-0.4, -0.2) is 27.8 Å². The van der Waals surface area contributed by atoms with Gasteiger partial charge in [-0.25, -0.2) is 4.79 Å². The Labute approximate surface area is 103 Å². The molecule has 2 amide bonds. The number of carbonyl (C=O) groups is 3. The minimum absolute atomic E-state index is 0.00574. The summed E-state index contributed by atoms with van der Waals surface area (Å²) in [6.07, 6.45) is 1.26. The van der Waals surface area contributed by atoms with E-state index >= 15 is 0 Å². The molecule has 1 N–H and O–H groups in total. The molecule has 0 atom stereocenters. The van der Waals surface area contributed by atoms with Gasteiger partial charge in [0.25, 0.3) is 0 Å². The molecule has 2 heterocycles. The van der Waals surface area contributed by atoms with Crippen molar-refractivity contribution in [2.45, 2.75) is 32.7 Å². The molecule has 1 aromatic rings. The van der Waals surface area contributed by atoms with Gasteiger partial charge in [-0.3, -0.25) is 14.5 Å². The van der Waals surface area contributed by atoms with Crippen molar-refractivity contribution < 1.29 is 23.9 Å². The highest BCUT2D eigenvalue weighted by Crippen LogP contribution is 2.20. The lowest BCUT2D eigenvalue weighted by Crippen LogP contribution is -2.39. The molecule has 0 aromatic carbocycles. The Morgan fingerprint density at radius 1 is 1.39 bits per heavy atom. The first-order valence-electron chi connectivity index (χ1n) is 5.65. The number of hydrogen-bond acceptors (Lipinski definition) is 4. The molecule has 2 rings (SSSR count). The van der Waals surface area contributed by atoms with Gasteiger partial charge in [0.15, 0.2) is 0 Å². The Hall–Kier alpha value is -2.11. The number of hydrogen-bond donors (Lipinski definition) is 1. The maximum atomic E-state index is 11.6. The zero-order valence-corrected chi connectivity index (χ0v) is 9.93. The zero-order chi connectivity index (χ0) is 13.3. The van der Waals surface area contributed by atoms with Crippen molar-refractivity contribution in [2.24, 2.45) is 0 Å². The molecule has 1 saturated heterocycles. The average molecular weight is 251 g/mol. The normalized spacial score (nSPS) is 16.2. The van der Waals surface area contributed by atoms with Crippen molar-refractivity contribution in [3.05, 3.63) is 23.2 Å². The summed E-state index contributed by atoms with van der Waals surface area (Å²) < 4.78 is 5.13. The van der Waals surface area contributed by atoms with Gasteiger partial charge in [-0.05, 0) is 19.4 Å². The van der Waals surface area contributed by atoms with E-state index in [4.69, 9.17) is 9.52 Å². The van der Waals surface area contributed by atoms with E-state index in [1.165, 1.54) is 0 Å². The first kappa shape index (κ1) is 12.3. The fourth-order valence-corrected chi connectivity index (χ4v) is 1.97. The Morgan fingerprint density at radius 2 is 2.00 bits per heavy atom. The second-order valence-corrected chi connectivity index (χ2v) is 4.26. The van der Waals surface area contributed by atoms with Gasteiger partial charge >= 0.3 is 5.97 Å². The molecule has 1 fully saturated rings. The standard InChI is InChI=1S/C12H13NO5/c1-7-5-8(18-11(7)12(16)17)6-13-9(14)3-2-4-10(13)15/h5H,2-4,6H2,1H3,(H,16,17). The van der Waals surface area contributed by atoms with Crippen LogP contribution in [0.2, 0.25) is 0 Å². The summed E-state index contributed by atoms with van der Waals surface area (Å²) >= 11 is 0. The first-order valence-corrected chi connectivity index (χ1v) is 5.65. The van der Waals surface area contributed by atoms with Gasteiger partial charge in [0, 0.05) is 18.4 Å². The van der Waals surface area contributed by atoms with Gasteiger partial charge in [-0.2, -0.15) is 0 Å². The van der Waals surface area contributed by atoms with Crippen molar-refractivity contribution in [1.82, 2.24) is 4.90 Å².